The van der Waals surface area contributed by atoms with Crippen LogP contribution in [0.1, 0.15) is 48.1 Å². The predicted octanol–water partition coefficient (Wildman–Crippen LogP) is 5.36. The number of nitrogens with zero attached hydrogens (tertiary/aromatic N) is 2. The zero-order valence-corrected chi connectivity index (χ0v) is 18.2. The first kappa shape index (κ1) is 21.4. The highest BCUT2D eigenvalue weighted by Gasteiger charge is 2.15. The molecule has 3 aromatic rings. The first-order valence-electron chi connectivity index (χ1n) is 10.2. The summed E-state index contributed by atoms with van der Waals surface area (Å²) in [5.74, 6) is 1.02. The Morgan fingerprint density at radius 2 is 1.83 bits per heavy atom. The number of benzene rings is 2. The number of hydrogen-bond donors (Lipinski definition) is 1. The van der Waals surface area contributed by atoms with Crippen molar-refractivity contribution < 1.29 is 14.1 Å². The van der Waals surface area contributed by atoms with Crippen LogP contribution in [-0.2, 0) is 6.61 Å². The maximum Gasteiger partial charge on any atom is 0.259 e. The van der Waals surface area contributed by atoms with Crippen molar-refractivity contribution in [1.82, 2.24) is 5.16 Å². The van der Waals surface area contributed by atoms with Gasteiger partial charge in [-0.3, -0.25) is 4.79 Å². The van der Waals surface area contributed by atoms with E-state index in [2.05, 4.69) is 36.1 Å². The van der Waals surface area contributed by atoms with Crippen LogP contribution in [0.3, 0.4) is 0 Å². The van der Waals surface area contributed by atoms with Gasteiger partial charge in [0.15, 0.2) is 0 Å². The summed E-state index contributed by atoms with van der Waals surface area (Å²) < 4.78 is 11.1. The number of amides is 1. The van der Waals surface area contributed by atoms with Crippen molar-refractivity contribution in [2.75, 3.05) is 16.8 Å². The molecule has 0 radical (unpaired) electrons. The third-order valence-corrected chi connectivity index (χ3v) is 5.11. The molecule has 0 atom stereocenters. The summed E-state index contributed by atoms with van der Waals surface area (Å²) in [7, 11) is 0. The van der Waals surface area contributed by atoms with Crippen LogP contribution in [0.25, 0.3) is 0 Å². The second-order valence-electron chi connectivity index (χ2n) is 7.47. The minimum absolute atomic E-state index is 0.215. The van der Waals surface area contributed by atoms with Gasteiger partial charge in [0.1, 0.15) is 18.1 Å². The predicted molar refractivity (Wildman–Crippen MR) is 119 cm³/mol. The lowest BCUT2D eigenvalue weighted by molar-refractivity contribution is 0.102. The molecule has 0 aliphatic carbocycles. The SMILES string of the molecule is CCN(c1ccc(NC(=O)c2ccccc2OCc2c(C)noc2C)cc1)C(C)C. The lowest BCUT2D eigenvalue weighted by atomic mass is 10.1. The first-order valence-corrected chi connectivity index (χ1v) is 10.2. The molecule has 0 fully saturated rings. The molecule has 2 aromatic carbocycles. The van der Waals surface area contributed by atoms with Crippen LogP contribution in [-0.4, -0.2) is 23.7 Å². The normalized spacial score (nSPS) is 10.9. The molecule has 1 aromatic heterocycles. The molecule has 0 bridgehead atoms. The summed E-state index contributed by atoms with van der Waals surface area (Å²) in [6.07, 6.45) is 0. The van der Waals surface area contributed by atoms with Gasteiger partial charge in [0.2, 0.25) is 0 Å². The molecule has 0 aliphatic rings. The van der Waals surface area contributed by atoms with Crippen molar-refractivity contribution in [3.05, 3.63) is 71.1 Å². The van der Waals surface area contributed by atoms with Gasteiger partial charge in [0.25, 0.3) is 5.91 Å². The molecule has 6 nitrogen and oxygen atoms in total. The summed E-state index contributed by atoms with van der Waals surface area (Å²) in [4.78, 5) is 15.2. The second-order valence-corrected chi connectivity index (χ2v) is 7.47. The minimum atomic E-state index is -0.215. The summed E-state index contributed by atoms with van der Waals surface area (Å²) in [5.41, 5.74) is 4.03. The van der Waals surface area contributed by atoms with E-state index in [0.717, 1.165) is 34.9 Å². The number of rotatable bonds is 8. The highest BCUT2D eigenvalue weighted by atomic mass is 16.5. The van der Waals surface area contributed by atoms with Crippen LogP contribution < -0.4 is 15.0 Å². The topological polar surface area (TPSA) is 67.6 Å². The molecule has 158 valence electrons. The third kappa shape index (κ3) is 4.82. The molecule has 0 spiro atoms. The van der Waals surface area contributed by atoms with E-state index in [1.165, 1.54) is 0 Å². The number of aromatic nitrogens is 1. The maximum atomic E-state index is 12.9. The summed E-state index contributed by atoms with van der Waals surface area (Å²) in [6, 6.07) is 15.5. The van der Waals surface area contributed by atoms with Crippen molar-refractivity contribution in [2.45, 2.75) is 47.3 Å². The first-order chi connectivity index (χ1) is 14.4. The molecule has 0 unspecified atom stereocenters. The van der Waals surface area contributed by atoms with Crippen LogP contribution in [0.4, 0.5) is 11.4 Å². The number of aryl methyl sites for hydroxylation is 2. The van der Waals surface area contributed by atoms with Crippen LogP contribution in [0.15, 0.2) is 53.1 Å². The van der Waals surface area contributed by atoms with Crippen molar-refractivity contribution in [1.29, 1.82) is 0 Å². The molecule has 1 N–H and O–H groups in total. The fraction of sp³-hybridized carbons (Fsp3) is 0.333. The van der Waals surface area contributed by atoms with Crippen LogP contribution in [0, 0.1) is 13.8 Å². The van der Waals surface area contributed by atoms with Crippen molar-refractivity contribution in [3.63, 3.8) is 0 Å². The average molecular weight is 408 g/mol. The van der Waals surface area contributed by atoms with Crippen LogP contribution in [0.2, 0.25) is 0 Å². The Morgan fingerprint density at radius 1 is 1.13 bits per heavy atom. The Morgan fingerprint density at radius 3 is 2.43 bits per heavy atom. The van der Waals surface area contributed by atoms with E-state index < -0.39 is 0 Å². The van der Waals surface area contributed by atoms with Crippen LogP contribution >= 0.6 is 0 Å². The largest absolute Gasteiger partial charge is 0.488 e. The number of nitrogens with one attached hydrogen (secondary N) is 1. The Balaban J connectivity index is 1.71. The zero-order valence-electron chi connectivity index (χ0n) is 18.2. The van der Waals surface area contributed by atoms with Crippen LogP contribution in [0.5, 0.6) is 5.75 Å². The van der Waals surface area contributed by atoms with Gasteiger partial charge in [-0.15, -0.1) is 0 Å². The zero-order chi connectivity index (χ0) is 21.7. The lowest BCUT2D eigenvalue weighted by Crippen LogP contribution is -2.30. The fourth-order valence-corrected chi connectivity index (χ4v) is 3.42. The van der Waals surface area contributed by atoms with Gasteiger partial charge in [0, 0.05) is 24.0 Å². The van der Waals surface area contributed by atoms with E-state index in [4.69, 9.17) is 9.26 Å². The highest BCUT2D eigenvalue weighted by Crippen LogP contribution is 2.24. The number of para-hydroxylation sites is 1. The molecule has 1 heterocycles. The summed E-state index contributed by atoms with van der Waals surface area (Å²) in [6.45, 7) is 11.4. The number of anilines is 2. The second kappa shape index (κ2) is 9.48. The Hall–Kier alpha value is -3.28. The van der Waals surface area contributed by atoms with Gasteiger partial charge in [-0.1, -0.05) is 17.3 Å². The number of hydrogen-bond acceptors (Lipinski definition) is 5. The number of carbonyl (C=O) groups excluding carboxylic acids is 1. The molecule has 0 saturated carbocycles. The highest BCUT2D eigenvalue weighted by molar-refractivity contribution is 6.06. The smallest absolute Gasteiger partial charge is 0.259 e. The molecular formula is C24H29N3O3. The fourth-order valence-electron chi connectivity index (χ4n) is 3.42. The van der Waals surface area contributed by atoms with Gasteiger partial charge in [-0.25, -0.2) is 0 Å². The molecule has 30 heavy (non-hydrogen) atoms. The van der Waals surface area contributed by atoms with Gasteiger partial charge < -0.3 is 19.5 Å². The standard InChI is InChI=1S/C24H29N3O3/c1-6-27(16(2)3)20-13-11-19(12-14-20)25-24(28)21-9-7-8-10-23(21)29-15-22-17(4)26-30-18(22)5/h7-14,16H,6,15H2,1-5H3,(H,25,28). The van der Waals surface area contributed by atoms with E-state index in [1.807, 2.05) is 50.2 Å². The van der Waals surface area contributed by atoms with E-state index in [1.54, 1.807) is 12.1 Å². The Bertz CT molecular complexity index is 974. The van der Waals surface area contributed by atoms with E-state index >= 15 is 0 Å². The molecule has 6 heteroatoms. The van der Waals surface area contributed by atoms with Crippen molar-refractivity contribution in [3.8, 4) is 5.75 Å². The molecule has 0 aliphatic heterocycles. The molecular weight excluding hydrogens is 378 g/mol. The third-order valence-electron chi connectivity index (χ3n) is 5.11. The van der Waals surface area contributed by atoms with E-state index in [9.17, 15) is 4.79 Å². The van der Waals surface area contributed by atoms with Gasteiger partial charge in [-0.2, -0.15) is 0 Å². The maximum absolute atomic E-state index is 12.9. The van der Waals surface area contributed by atoms with E-state index in [0.29, 0.717) is 24.0 Å². The Kier molecular flexibility index (Phi) is 6.77. The summed E-state index contributed by atoms with van der Waals surface area (Å²) in [5, 5.41) is 6.90. The van der Waals surface area contributed by atoms with Gasteiger partial charge in [-0.05, 0) is 71.0 Å². The monoisotopic (exact) mass is 407 g/mol. The quantitative estimate of drug-likeness (QED) is 0.545. The molecule has 3 rings (SSSR count). The minimum Gasteiger partial charge on any atom is -0.488 e. The van der Waals surface area contributed by atoms with Crippen molar-refractivity contribution in [2.24, 2.45) is 0 Å². The van der Waals surface area contributed by atoms with Gasteiger partial charge in [0.05, 0.1) is 16.8 Å². The van der Waals surface area contributed by atoms with E-state index in [-0.39, 0.29) is 5.91 Å². The average Bonchev–Trinajstić information content (AvgIpc) is 3.05. The lowest BCUT2D eigenvalue weighted by Gasteiger charge is -2.27. The summed E-state index contributed by atoms with van der Waals surface area (Å²) >= 11 is 0. The molecule has 0 saturated heterocycles. The number of carbonyl (C=O) groups is 1. The molecule has 1 amide bonds. The Labute approximate surface area is 177 Å². The number of ether oxygens (including phenoxy) is 1. The van der Waals surface area contributed by atoms with Crippen molar-refractivity contribution >= 4 is 17.3 Å². The van der Waals surface area contributed by atoms with Gasteiger partial charge >= 0.3 is 0 Å².